The molecule has 392 valence electrons. The molecule has 3 rings (SSSR count). The lowest BCUT2D eigenvalue weighted by Gasteiger charge is -2.32. The first-order valence-corrected chi connectivity index (χ1v) is 20.1. The number of nitrogens with one attached hydrogen (secondary N) is 5. The van der Waals surface area contributed by atoms with Crippen molar-refractivity contribution in [3.8, 4) is 11.8 Å². The van der Waals surface area contributed by atoms with E-state index in [9.17, 15) is 74.6 Å². The number of nitriles is 1. The summed E-state index contributed by atoms with van der Waals surface area (Å²) in [5.74, 6) is -12.8. The van der Waals surface area contributed by atoms with E-state index in [1.165, 1.54) is 36.4 Å². The number of benzene rings is 3. The highest BCUT2D eigenvalue weighted by molar-refractivity contribution is 5.99. The third-order valence-corrected chi connectivity index (χ3v) is 9.25. The molecule has 0 saturated carbocycles. The van der Waals surface area contributed by atoms with Crippen molar-refractivity contribution < 1.29 is 53.8 Å². The van der Waals surface area contributed by atoms with Gasteiger partial charge >= 0.3 is 17.1 Å². The van der Waals surface area contributed by atoms with Crippen LogP contribution in [-0.4, -0.2) is 122 Å². The van der Waals surface area contributed by atoms with Gasteiger partial charge in [-0.3, -0.25) is 59.1 Å². The van der Waals surface area contributed by atoms with Crippen molar-refractivity contribution in [2.45, 2.75) is 43.3 Å². The average molecular weight is 1040 g/mol. The number of aromatic hydroxyl groups is 1. The molecule has 0 aromatic heterocycles. The van der Waals surface area contributed by atoms with Crippen molar-refractivity contribution in [1.29, 1.82) is 5.26 Å². The minimum atomic E-state index is -2.31. The second-order valence-electron chi connectivity index (χ2n) is 14.5. The van der Waals surface area contributed by atoms with Crippen LogP contribution in [0.25, 0.3) is 0 Å². The number of nitro groups is 3. The zero-order valence-corrected chi connectivity index (χ0v) is 37.7. The Labute approximate surface area is 413 Å². The van der Waals surface area contributed by atoms with E-state index >= 15 is 0 Å². The van der Waals surface area contributed by atoms with Crippen molar-refractivity contribution in [3.05, 3.63) is 108 Å². The van der Waals surface area contributed by atoms with Gasteiger partial charge in [-0.1, -0.05) is 36.4 Å². The van der Waals surface area contributed by atoms with Crippen LogP contribution in [0.15, 0.2) is 80.6 Å². The number of hydrogen-bond acceptors (Lipinski definition) is 20. The highest BCUT2D eigenvalue weighted by Gasteiger charge is 2.40. The van der Waals surface area contributed by atoms with Gasteiger partial charge in [0.2, 0.25) is 36.5 Å². The molecule has 0 saturated heterocycles. The molecule has 0 fully saturated rings. The predicted molar refractivity (Wildman–Crippen MR) is 254 cm³/mol. The zero-order chi connectivity index (χ0) is 55.7. The van der Waals surface area contributed by atoms with Crippen LogP contribution in [0.3, 0.4) is 0 Å². The van der Waals surface area contributed by atoms with Crippen LogP contribution in [0.4, 0.5) is 22.7 Å². The average Bonchev–Trinajstić information content (AvgIpc) is 3.31. The zero-order valence-electron chi connectivity index (χ0n) is 37.7. The number of nitro benzene ring substituents is 3. The maximum absolute atomic E-state index is 14.5. The Morgan fingerprint density at radius 3 is 1.41 bits per heavy atom. The number of rotatable bonds is 24. The normalized spacial score (nSPS) is 12.8. The summed E-state index contributed by atoms with van der Waals surface area (Å²) in [6.45, 7) is -2.31. The van der Waals surface area contributed by atoms with Gasteiger partial charge in [-0.25, -0.2) is 20.0 Å². The van der Waals surface area contributed by atoms with Crippen LogP contribution in [-0.2, 0) is 35.3 Å². The molecule has 0 aliphatic carbocycles. The third kappa shape index (κ3) is 15.7. The number of aliphatic hydroxyl groups excluding tert-OH is 1. The molecule has 0 bridgehead atoms. The summed E-state index contributed by atoms with van der Waals surface area (Å²) in [5.41, 5.74) is 43.3. The number of hydrogen-bond donors (Lipinski definition) is 16. The number of anilines is 1. The van der Waals surface area contributed by atoms with Gasteiger partial charge < -0.3 is 93.3 Å². The highest BCUT2D eigenvalue weighted by atomic mass is 16.6. The van der Waals surface area contributed by atoms with Crippen molar-refractivity contribution >= 4 is 82.0 Å². The van der Waals surface area contributed by atoms with Crippen molar-refractivity contribution in [3.63, 3.8) is 0 Å². The molecule has 37 nitrogen and oxygen atoms in total. The molecule has 74 heavy (non-hydrogen) atoms. The number of aliphatic imine (C=N–C) groups is 4. The molecule has 3 aromatic carbocycles. The smallest absolute Gasteiger partial charge is 0.311 e. The number of carbonyl (C=O) groups is 6. The monoisotopic (exact) mass is 1040 g/mol. The van der Waals surface area contributed by atoms with Crippen LogP contribution in [0.1, 0.15) is 22.7 Å². The van der Waals surface area contributed by atoms with E-state index in [0.717, 1.165) is 18.2 Å². The van der Waals surface area contributed by atoms with Gasteiger partial charge in [0, 0.05) is 24.7 Å². The predicted octanol–water partition coefficient (Wildman–Crippen LogP) is -7.44. The summed E-state index contributed by atoms with van der Waals surface area (Å²) >= 11 is 0. The number of primary amides is 1. The number of nitrogens with zero attached hydrogens (tertiary/aromatic N) is 9. The van der Waals surface area contributed by atoms with Gasteiger partial charge in [-0.05, 0) is 17.2 Å². The molecule has 0 aliphatic heterocycles. The van der Waals surface area contributed by atoms with E-state index < -0.39 is 158 Å². The second-order valence-corrected chi connectivity index (χ2v) is 14.5. The fraction of sp³-hybridized carbons (Fsp3) is 0.216. The Morgan fingerprint density at radius 1 is 0.595 bits per heavy atom. The number of phenolic OH excluding ortho intramolecular Hbond substituents is 1. The Morgan fingerprint density at radius 2 is 1.01 bits per heavy atom. The quantitative estimate of drug-likeness (QED) is 0.0171. The SMILES string of the molecule is N#Cc1cc([N+](=O)[O-])c(N(Cc2ccc(O)c([N+](=O)[O-])c2)C(CO)C(=O)NC(C(=O)NC(N=C(N)N)C(=O)NC(N=C(N)N)C(=O)NC(N=C(N)N)C(=O)NC(N=C(N)N)C(N)=O)c2ccccc2)c([N+](=O)[O-])c1. The summed E-state index contributed by atoms with van der Waals surface area (Å²) in [7, 11) is 0. The van der Waals surface area contributed by atoms with Gasteiger partial charge in [-0.2, -0.15) is 5.26 Å². The minimum absolute atomic E-state index is 0.116. The molecular weight excluding hydrogens is 991 g/mol. The fourth-order valence-corrected chi connectivity index (χ4v) is 6.20. The topological polar surface area (TPSA) is 643 Å². The summed E-state index contributed by atoms with van der Waals surface area (Å²) in [6.07, 6.45) is -8.71. The van der Waals surface area contributed by atoms with Crippen molar-refractivity contribution in [2.24, 2.45) is 71.6 Å². The van der Waals surface area contributed by atoms with E-state index in [1.807, 2.05) is 16.0 Å². The Hall–Kier alpha value is -11.2. The lowest BCUT2D eigenvalue weighted by Crippen LogP contribution is -2.58. The fourth-order valence-electron chi connectivity index (χ4n) is 6.20. The molecule has 0 aliphatic rings. The molecule has 6 amide bonds. The number of nitrogens with two attached hydrogens (primary N) is 9. The largest absolute Gasteiger partial charge is 0.502 e. The Bertz CT molecular complexity index is 2820. The number of amides is 6. The second kappa shape index (κ2) is 25.4. The number of aliphatic hydroxyl groups is 1. The Balaban J connectivity index is 2.14. The van der Waals surface area contributed by atoms with E-state index in [-0.39, 0.29) is 11.1 Å². The molecule has 25 N–H and O–H groups in total. The first-order valence-electron chi connectivity index (χ1n) is 20.1. The Kier molecular flexibility index (Phi) is 19.6. The van der Waals surface area contributed by atoms with Gasteiger partial charge in [-0.15, -0.1) is 0 Å². The molecule has 6 unspecified atom stereocenters. The molecular formula is C37H45N23O14. The van der Waals surface area contributed by atoms with E-state index in [0.29, 0.717) is 17.0 Å². The number of phenols is 1. The van der Waals surface area contributed by atoms with Gasteiger partial charge in [0.25, 0.3) is 23.6 Å². The number of guanidine groups is 4. The molecule has 0 radical (unpaired) electrons. The van der Waals surface area contributed by atoms with Crippen molar-refractivity contribution in [2.75, 3.05) is 11.5 Å². The molecule has 3 aromatic rings. The van der Waals surface area contributed by atoms with Crippen LogP contribution >= 0.6 is 0 Å². The summed E-state index contributed by atoms with van der Waals surface area (Å²) in [6, 6.07) is 7.82. The maximum atomic E-state index is 14.5. The first-order chi connectivity index (χ1) is 34.7. The standard InChI is InChI=1S/C37H45N23O14/c38-11-15-9-18(59(71)72)23(19(10-15)60(73)74)57(12-14-6-7-21(62)17(8-14)58(69)70)20(13-61)29(64)48-22(16-4-2-1-3-5-16)30(65)50-26(54-35(42)43)32(67)52-28(56-37(46)47)33(68)51-27(55-36(44)45)31(66)49-25(24(39)63)53-34(40)41/h1-10,20,22,25-28,61-62H,12-13H2,(H2,39,63)(H,48,64)(H,49,66)(H,50,65)(H,51,68)(H,52,67)(H4,40,41,53)(H4,42,43,54)(H4,44,45,55)(H4,46,47,56). The van der Waals surface area contributed by atoms with Crippen molar-refractivity contribution in [1.82, 2.24) is 26.6 Å². The van der Waals surface area contributed by atoms with E-state index in [4.69, 9.17) is 51.6 Å². The molecule has 0 heterocycles. The highest BCUT2D eigenvalue weighted by Crippen LogP contribution is 2.41. The van der Waals surface area contributed by atoms with E-state index in [2.05, 4.69) is 30.6 Å². The third-order valence-electron chi connectivity index (χ3n) is 9.25. The van der Waals surface area contributed by atoms with Gasteiger partial charge in [0.1, 0.15) is 12.1 Å². The molecule has 0 spiro atoms. The van der Waals surface area contributed by atoms with Gasteiger partial charge in [0.15, 0.2) is 35.3 Å². The lowest BCUT2D eigenvalue weighted by molar-refractivity contribution is -0.392. The lowest BCUT2D eigenvalue weighted by atomic mass is 10.0. The minimum Gasteiger partial charge on any atom is -0.502 e. The summed E-state index contributed by atoms with van der Waals surface area (Å²) < 4.78 is 0. The molecule has 37 heteroatoms. The van der Waals surface area contributed by atoms with Crippen LogP contribution in [0.5, 0.6) is 5.75 Å². The van der Waals surface area contributed by atoms with Crippen LogP contribution in [0.2, 0.25) is 0 Å². The van der Waals surface area contributed by atoms with Crippen LogP contribution in [0, 0.1) is 41.7 Å². The summed E-state index contributed by atoms with van der Waals surface area (Å²) in [4.78, 5) is 129. The molecule has 6 atom stereocenters. The number of carbonyl (C=O) groups excluding carboxylic acids is 6. The van der Waals surface area contributed by atoms with Gasteiger partial charge in [0.05, 0.1) is 33.0 Å². The maximum Gasteiger partial charge on any atom is 0.311 e. The summed E-state index contributed by atoms with van der Waals surface area (Å²) in [5, 5.41) is 77.4. The van der Waals surface area contributed by atoms with E-state index in [1.54, 1.807) is 0 Å². The first kappa shape index (κ1) is 57.1. The van der Waals surface area contributed by atoms with Crippen LogP contribution < -0.4 is 83.1 Å².